The molecule has 0 atom stereocenters. The summed E-state index contributed by atoms with van der Waals surface area (Å²) in [5, 5.41) is 3.75. The van der Waals surface area contributed by atoms with Crippen LogP contribution in [0.2, 0.25) is 0 Å². The molecular formula is C26H22F2N6O2S. The van der Waals surface area contributed by atoms with Gasteiger partial charge in [0.15, 0.2) is 5.82 Å². The van der Waals surface area contributed by atoms with Crippen molar-refractivity contribution in [2.45, 2.75) is 18.1 Å². The lowest BCUT2D eigenvalue weighted by Crippen LogP contribution is -2.17. The van der Waals surface area contributed by atoms with Gasteiger partial charge in [-0.1, -0.05) is 6.07 Å². The second-order valence-electron chi connectivity index (χ2n) is 9.16. The summed E-state index contributed by atoms with van der Waals surface area (Å²) in [6.45, 7) is 0. The molecule has 5 aromatic rings. The Bertz CT molecular complexity index is 1790. The van der Waals surface area contributed by atoms with Crippen LogP contribution in [0.5, 0.6) is 0 Å². The Morgan fingerprint density at radius 3 is 2.51 bits per heavy atom. The number of imidazole rings is 1. The number of hydrogen-bond acceptors (Lipinski definition) is 5. The van der Waals surface area contributed by atoms with Crippen LogP contribution in [-0.2, 0) is 17.1 Å². The van der Waals surface area contributed by atoms with Crippen molar-refractivity contribution < 1.29 is 17.2 Å². The van der Waals surface area contributed by atoms with E-state index < -0.39 is 26.9 Å². The van der Waals surface area contributed by atoms with E-state index in [1.165, 1.54) is 6.07 Å². The number of fused-ring (bicyclic) bond motifs is 1. The second kappa shape index (κ2) is 8.41. The third-order valence-electron chi connectivity index (χ3n) is 6.38. The first-order chi connectivity index (χ1) is 17.7. The summed E-state index contributed by atoms with van der Waals surface area (Å²) in [4.78, 5) is 4.52. The van der Waals surface area contributed by atoms with E-state index in [0.717, 1.165) is 28.8 Å². The first-order valence-corrected chi connectivity index (χ1v) is 13.1. The van der Waals surface area contributed by atoms with E-state index in [4.69, 9.17) is 5.73 Å². The first-order valence-electron chi connectivity index (χ1n) is 11.6. The maximum atomic E-state index is 14.7. The van der Waals surface area contributed by atoms with Crippen molar-refractivity contribution >= 4 is 32.6 Å². The standard InChI is InChI=1S/C26H22F2N6O2S/c1-33-13-22(26(29)31-33)15-2-7-25-24(10-15)30-14-34(25)19-9-16(21-6-3-17(27)11-23(21)28)8-18(12-19)32-37(35,36)20-4-5-20/h2-3,6-14,20,32H,4-5H2,1H3,(H2,29,31). The van der Waals surface area contributed by atoms with Crippen molar-refractivity contribution in [2.24, 2.45) is 7.05 Å². The van der Waals surface area contributed by atoms with Crippen LogP contribution in [0.4, 0.5) is 20.3 Å². The molecule has 1 saturated carbocycles. The van der Waals surface area contributed by atoms with Crippen molar-refractivity contribution in [3.05, 3.63) is 78.8 Å². The highest BCUT2D eigenvalue weighted by atomic mass is 32.2. The molecule has 0 saturated heterocycles. The topological polar surface area (TPSA) is 108 Å². The van der Waals surface area contributed by atoms with Gasteiger partial charge in [-0.15, -0.1) is 0 Å². The fourth-order valence-electron chi connectivity index (χ4n) is 4.43. The van der Waals surface area contributed by atoms with E-state index >= 15 is 0 Å². The number of nitrogens with one attached hydrogen (secondary N) is 1. The minimum atomic E-state index is -3.57. The van der Waals surface area contributed by atoms with Crippen molar-refractivity contribution in [2.75, 3.05) is 10.5 Å². The Kier molecular flexibility index (Phi) is 5.27. The zero-order valence-corrected chi connectivity index (χ0v) is 20.5. The number of halogens is 2. The zero-order valence-electron chi connectivity index (χ0n) is 19.7. The molecular weight excluding hydrogens is 498 g/mol. The van der Waals surface area contributed by atoms with E-state index in [1.807, 2.05) is 24.4 Å². The first kappa shape index (κ1) is 23.2. The maximum absolute atomic E-state index is 14.7. The molecule has 0 amide bonds. The van der Waals surface area contributed by atoms with Crippen molar-refractivity contribution in [1.29, 1.82) is 0 Å². The van der Waals surface area contributed by atoms with Gasteiger partial charge in [-0.2, -0.15) is 5.10 Å². The molecule has 0 radical (unpaired) electrons. The zero-order chi connectivity index (χ0) is 25.9. The number of hydrogen-bond donors (Lipinski definition) is 2. The SMILES string of the molecule is Cn1cc(-c2ccc3c(c2)ncn3-c2cc(NS(=O)(=O)C3CC3)cc(-c3ccc(F)cc3F)c2)c(N)n1. The molecule has 1 fully saturated rings. The number of anilines is 2. The van der Waals surface area contributed by atoms with Crippen LogP contribution < -0.4 is 10.5 Å². The van der Waals surface area contributed by atoms with Gasteiger partial charge in [-0.3, -0.25) is 14.0 Å². The van der Waals surface area contributed by atoms with Gasteiger partial charge in [-0.25, -0.2) is 22.2 Å². The van der Waals surface area contributed by atoms with Gasteiger partial charge in [0.2, 0.25) is 10.0 Å². The summed E-state index contributed by atoms with van der Waals surface area (Å²) in [5.74, 6) is -1.04. The molecule has 0 spiro atoms. The summed E-state index contributed by atoms with van der Waals surface area (Å²) in [6, 6.07) is 13.9. The number of nitrogen functional groups attached to an aromatic ring is 1. The van der Waals surface area contributed by atoms with Crippen LogP contribution in [0, 0.1) is 11.6 Å². The number of benzene rings is 3. The minimum Gasteiger partial charge on any atom is -0.382 e. The summed E-state index contributed by atoms with van der Waals surface area (Å²) >= 11 is 0. The highest BCUT2D eigenvalue weighted by Gasteiger charge is 2.35. The average Bonchev–Trinajstić information content (AvgIpc) is 3.54. The predicted molar refractivity (Wildman–Crippen MR) is 139 cm³/mol. The minimum absolute atomic E-state index is 0.147. The molecule has 1 aliphatic rings. The monoisotopic (exact) mass is 520 g/mol. The summed E-state index contributed by atoms with van der Waals surface area (Å²) in [6.07, 6.45) is 4.64. The van der Waals surface area contributed by atoms with Gasteiger partial charge in [0, 0.05) is 36.1 Å². The number of rotatable bonds is 6. The molecule has 0 unspecified atom stereocenters. The van der Waals surface area contributed by atoms with Crippen LogP contribution >= 0.6 is 0 Å². The van der Waals surface area contributed by atoms with Gasteiger partial charge >= 0.3 is 0 Å². The molecule has 0 aliphatic heterocycles. The highest BCUT2D eigenvalue weighted by Crippen LogP contribution is 2.34. The van der Waals surface area contributed by atoms with E-state index in [9.17, 15) is 17.2 Å². The Hall–Kier alpha value is -4.25. The lowest BCUT2D eigenvalue weighted by atomic mass is 10.0. The number of nitrogens with two attached hydrogens (primary N) is 1. The number of sulfonamides is 1. The van der Waals surface area contributed by atoms with Crippen LogP contribution in [-0.4, -0.2) is 33.0 Å². The molecule has 8 nitrogen and oxygen atoms in total. The van der Waals surface area contributed by atoms with Crippen LogP contribution in [0.3, 0.4) is 0 Å². The average molecular weight is 521 g/mol. The molecule has 6 rings (SSSR count). The fourth-order valence-corrected chi connectivity index (χ4v) is 5.80. The molecule has 188 valence electrons. The van der Waals surface area contributed by atoms with Gasteiger partial charge in [0.1, 0.15) is 18.0 Å². The summed E-state index contributed by atoms with van der Waals surface area (Å²) in [5.41, 5.74) is 10.5. The molecule has 37 heavy (non-hydrogen) atoms. The van der Waals surface area contributed by atoms with Crippen molar-refractivity contribution in [3.63, 3.8) is 0 Å². The predicted octanol–water partition coefficient (Wildman–Crippen LogP) is 4.86. The van der Waals surface area contributed by atoms with Crippen molar-refractivity contribution in [1.82, 2.24) is 19.3 Å². The number of aryl methyl sites for hydroxylation is 1. The fraction of sp³-hybridized carbons (Fsp3) is 0.154. The van der Waals surface area contributed by atoms with Crippen LogP contribution in [0.15, 0.2) is 67.1 Å². The quantitative estimate of drug-likeness (QED) is 0.333. The second-order valence-corrected chi connectivity index (χ2v) is 11.1. The molecule has 2 heterocycles. The number of nitrogens with zero attached hydrogens (tertiary/aromatic N) is 4. The normalized spacial score (nSPS) is 13.8. The van der Waals surface area contributed by atoms with E-state index in [1.54, 1.807) is 40.8 Å². The van der Waals surface area contributed by atoms with E-state index in [-0.39, 0.29) is 11.3 Å². The van der Waals surface area contributed by atoms with Gasteiger partial charge < -0.3 is 5.73 Å². The Labute approximate surface area is 211 Å². The van der Waals surface area contributed by atoms with Gasteiger partial charge in [-0.05, 0) is 66.4 Å². The van der Waals surface area contributed by atoms with E-state index in [0.29, 0.717) is 35.4 Å². The Balaban J connectivity index is 1.48. The Morgan fingerprint density at radius 2 is 1.81 bits per heavy atom. The third-order valence-corrected chi connectivity index (χ3v) is 8.25. The third kappa shape index (κ3) is 4.31. The lowest BCUT2D eigenvalue weighted by Gasteiger charge is -2.14. The van der Waals surface area contributed by atoms with Crippen LogP contribution in [0.1, 0.15) is 12.8 Å². The molecule has 11 heteroatoms. The highest BCUT2D eigenvalue weighted by molar-refractivity contribution is 7.93. The van der Waals surface area contributed by atoms with Gasteiger partial charge in [0.25, 0.3) is 0 Å². The molecule has 2 aromatic heterocycles. The summed E-state index contributed by atoms with van der Waals surface area (Å²) < 4.78 is 59.6. The molecule has 3 N–H and O–H groups in total. The Morgan fingerprint density at radius 1 is 1.00 bits per heavy atom. The smallest absolute Gasteiger partial charge is 0.235 e. The molecule has 0 bridgehead atoms. The van der Waals surface area contributed by atoms with Crippen molar-refractivity contribution in [3.8, 4) is 27.9 Å². The number of aromatic nitrogens is 4. The largest absolute Gasteiger partial charge is 0.382 e. The van der Waals surface area contributed by atoms with E-state index in [2.05, 4.69) is 14.8 Å². The lowest BCUT2D eigenvalue weighted by molar-refractivity contribution is 0.585. The van der Waals surface area contributed by atoms with Crippen LogP contribution in [0.25, 0.3) is 39.0 Å². The van der Waals surface area contributed by atoms with Gasteiger partial charge in [0.05, 0.1) is 22.0 Å². The molecule has 1 aliphatic carbocycles. The summed E-state index contributed by atoms with van der Waals surface area (Å²) in [7, 11) is -1.78. The molecule has 3 aromatic carbocycles. The maximum Gasteiger partial charge on any atom is 0.235 e.